The van der Waals surface area contributed by atoms with Crippen molar-refractivity contribution in [3.05, 3.63) is 65.7 Å². The lowest BCUT2D eigenvalue weighted by atomic mass is 9.90. The van der Waals surface area contributed by atoms with Gasteiger partial charge in [0, 0.05) is 18.8 Å². The van der Waals surface area contributed by atoms with Crippen LogP contribution >= 0.6 is 0 Å². The normalized spacial score (nSPS) is 18.1. The average Bonchev–Trinajstić information content (AvgIpc) is 3.15. The largest absolute Gasteiger partial charge is 0.382 e. The van der Waals surface area contributed by atoms with E-state index in [-0.39, 0.29) is 6.10 Å². The third kappa shape index (κ3) is 3.93. The molecule has 2 aromatic rings. The van der Waals surface area contributed by atoms with Crippen molar-refractivity contribution in [3.8, 4) is 0 Å². The Hall–Kier alpha value is -2.37. The third-order valence-electron chi connectivity index (χ3n) is 4.28. The fourth-order valence-corrected chi connectivity index (χ4v) is 3.07. The molecule has 5 heteroatoms. The van der Waals surface area contributed by atoms with E-state index in [1.54, 1.807) is 5.48 Å². The van der Waals surface area contributed by atoms with Gasteiger partial charge in [-0.25, -0.2) is 5.48 Å². The maximum absolute atomic E-state index is 12.2. The number of amides is 1. The Kier molecular flexibility index (Phi) is 5.46. The van der Waals surface area contributed by atoms with Crippen LogP contribution in [-0.2, 0) is 9.53 Å². The number of rotatable bonds is 6. The summed E-state index contributed by atoms with van der Waals surface area (Å²) in [5.74, 6) is -1.00. The first kappa shape index (κ1) is 16.5. The number of hydroxylamine groups is 1. The van der Waals surface area contributed by atoms with Crippen molar-refractivity contribution in [2.75, 3.05) is 18.5 Å². The molecular formula is C19H22N2O3. The van der Waals surface area contributed by atoms with Gasteiger partial charge in [0.2, 0.25) is 0 Å². The lowest BCUT2D eigenvalue weighted by molar-refractivity contribution is -0.129. The molecule has 0 bridgehead atoms. The van der Waals surface area contributed by atoms with Crippen molar-refractivity contribution in [1.82, 2.24) is 5.48 Å². The first-order valence-corrected chi connectivity index (χ1v) is 8.22. The molecule has 3 rings (SSSR count). The second-order valence-corrected chi connectivity index (χ2v) is 5.96. The summed E-state index contributed by atoms with van der Waals surface area (Å²) in [4.78, 5) is 12.2. The van der Waals surface area contributed by atoms with E-state index in [9.17, 15) is 4.79 Å². The number of benzene rings is 2. The van der Waals surface area contributed by atoms with E-state index in [1.165, 1.54) is 0 Å². The van der Waals surface area contributed by atoms with Crippen LogP contribution in [0.5, 0.6) is 0 Å². The Bertz CT molecular complexity index is 669. The van der Waals surface area contributed by atoms with Gasteiger partial charge in [-0.05, 0) is 36.1 Å². The third-order valence-corrected chi connectivity index (χ3v) is 4.28. The highest BCUT2D eigenvalue weighted by atomic mass is 16.5. The van der Waals surface area contributed by atoms with E-state index in [0.717, 1.165) is 42.8 Å². The second kappa shape index (κ2) is 7.95. The molecule has 0 spiro atoms. The van der Waals surface area contributed by atoms with Crippen molar-refractivity contribution >= 4 is 11.6 Å². The molecule has 2 atom stereocenters. The summed E-state index contributed by atoms with van der Waals surface area (Å²) in [7, 11) is 0. The molecule has 0 saturated carbocycles. The minimum atomic E-state index is -0.555. The summed E-state index contributed by atoms with van der Waals surface area (Å²) in [6.07, 6.45) is 2.44. The van der Waals surface area contributed by atoms with Crippen LogP contribution in [0.25, 0.3) is 0 Å². The highest BCUT2D eigenvalue weighted by Gasteiger charge is 2.22. The first-order chi connectivity index (χ1) is 11.8. The predicted octanol–water partition coefficient (Wildman–Crippen LogP) is 2.91. The Morgan fingerprint density at radius 2 is 1.96 bits per heavy atom. The van der Waals surface area contributed by atoms with Gasteiger partial charge in [-0.1, -0.05) is 42.5 Å². The molecule has 0 aromatic heterocycles. The van der Waals surface area contributed by atoms with Crippen molar-refractivity contribution in [2.24, 2.45) is 0 Å². The zero-order valence-electron chi connectivity index (χ0n) is 13.4. The van der Waals surface area contributed by atoms with Crippen molar-refractivity contribution in [2.45, 2.75) is 24.9 Å². The van der Waals surface area contributed by atoms with Gasteiger partial charge in [-0.3, -0.25) is 10.0 Å². The van der Waals surface area contributed by atoms with Gasteiger partial charge in [0.25, 0.3) is 5.91 Å². The molecule has 0 radical (unpaired) electrons. The zero-order chi connectivity index (χ0) is 16.8. The van der Waals surface area contributed by atoms with Crippen LogP contribution in [0.1, 0.15) is 29.9 Å². The van der Waals surface area contributed by atoms with Crippen LogP contribution < -0.4 is 10.8 Å². The molecule has 2 unspecified atom stereocenters. The molecule has 1 aliphatic rings. The maximum Gasteiger partial charge on any atom is 0.255 e. The van der Waals surface area contributed by atoms with E-state index in [1.807, 2.05) is 54.6 Å². The number of ether oxygens (including phenoxy) is 1. The molecule has 1 fully saturated rings. The first-order valence-electron chi connectivity index (χ1n) is 8.22. The number of carbonyl (C=O) groups excluding carboxylic acids is 1. The molecule has 1 heterocycles. The van der Waals surface area contributed by atoms with Crippen molar-refractivity contribution in [1.29, 1.82) is 0 Å². The van der Waals surface area contributed by atoms with Crippen LogP contribution in [0.3, 0.4) is 0 Å². The van der Waals surface area contributed by atoms with E-state index in [0.29, 0.717) is 0 Å². The monoisotopic (exact) mass is 326 g/mol. The Morgan fingerprint density at radius 3 is 2.67 bits per heavy atom. The second-order valence-electron chi connectivity index (χ2n) is 5.96. The summed E-state index contributed by atoms with van der Waals surface area (Å²) in [5.41, 5.74) is 4.38. The van der Waals surface area contributed by atoms with Gasteiger partial charge >= 0.3 is 0 Å². The topological polar surface area (TPSA) is 70.6 Å². The van der Waals surface area contributed by atoms with E-state index >= 15 is 0 Å². The maximum atomic E-state index is 12.2. The summed E-state index contributed by atoms with van der Waals surface area (Å²) in [5, 5.41) is 12.5. The molecule has 126 valence electrons. The fourth-order valence-electron chi connectivity index (χ4n) is 3.07. The summed E-state index contributed by atoms with van der Waals surface area (Å²) < 4.78 is 5.62. The average molecular weight is 326 g/mol. The lowest BCUT2D eigenvalue weighted by Crippen LogP contribution is -2.27. The van der Waals surface area contributed by atoms with Crippen LogP contribution in [-0.4, -0.2) is 30.4 Å². The number of hydrogen-bond acceptors (Lipinski definition) is 4. The molecule has 3 N–H and O–H groups in total. The molecule has 2 aromatic carbocycles. The highest BCUT2D eigenvalue weighted by Crippen LogP contribution is 2.27. The van der Waals surface area contributed by atoms with Gasteiger partial charge in [0.1, 0.15) is 0 Å². The predicted molar refractivity (Wildman–Crippen MR) is 92.1 cm³/mol. The Labute approximate surface area is 141 Å². The minimum Gasteiger partial charge on any atom is -0.382 e. The van der Waals surface area contributed by atoms with E-state index in [2.05, 4.69) is 5.32 Å². The molecule has 5 nitrogen and oxygen atoms in total. The fraction of sp³-hybridized carbons (Fsp3) is 0.316. The van der Waals surface area contributed by atoms with Crippen LogP contribution in [0.4, 0.5) is 5.69 Å². The standard InChI is InChI=1S/C19H22N2O3/c22-19(21-23)18(14-6-2-1-3-7-14)15-8-4-9-16(12-15)20-13-17-10-5-11-24-17/h1-4,6-9,12,17-18,20,23H,5,10-11,13H2,(H,21,22). The lowest BCUT2D eigenvalue weighted by Gasteiger charge is -2.18. The van der Waals surface area contributed by atoms with Gasteiger partial charge in [0.05, 0.1) is 12.0 Å². The smallest absolute Gasteiger partial charge is 0.255 e. The van der Waals surface area contributed by atoms with Crippen molar-refractivity contribution < 1.29 is 14.7 Å². The minimum absolute atomic E-state index is 0.249. The van der Waals surface area contributed by atoms with Crippen molar-refractivity contribution in [3.63, 3.8) is 0 Å². The molecule has 1 amide bonds. The van der Waals surface area contributed by atoms with Gasteiger partial charge in [-0.2, -0.15) is 0 Å². The molecule has 1 saturated heterocycles. The number of nitrogens with one attached hydrogen (secondary N) is 2. The van der Waals surface area contributed by atoms with Gasteiger partial charge < -0.3 is 10.1 Å². The van der Waals surface area contributed by atoms with Crippen LogP contribution in [0.15, 0.2) is 54.6 Å². The summed E-state index contributed by atoms with van der Waals surface area (Å²) in [6, 6.07) is 17.1. The Balaban J connectivity index is 1.80. The number of anilines is 1. The molecular weight excluding hydrogens is 304 g/mol. The quantitative estimate of drug-likeness (QED) is 0.564. The van der Waals surface area contributed by atoms with Crippen LogP contribution in [0, 0.1) is 0 Å². The van der Waals surface area contributed by atoms with Crippen LogP contribution in [0.2, 0.25) is 0 Å². The van der Waals surface area contributed by atoms with E-state index in [4.69, 9.17) is 9.94 Å². The zero-order valence-corrected chi connectivity index (χ0v) is 13.4. The molecule has 24 heavy (non-hydrogen) atoms. The number of hydrogen-bond donors (Lipinski definition) is 3. The number of carbonyl (C=O) groups is 1. The molecule has 0 aliphatic carbocycles. The summed E-state index contributed by atoms with van der Waals surface area (Å²) in [6.45, 7) is 1.59. The highest BCUT2D eigenvalue weighted by molar-refractivity contribution is 5.86. The Morgan fingerprint density at radius 1 is 1.17 bits per heavy atom. The summed E-state index contributed by atoms with van der Waals surface area (Å²) >= 11 is 0. The molecule has 1 aliphatic heterocycles. The van der Waals surface area contributed by atoms with Gasteiger partial charge in [0.15, 0.2) is 0 Å². The van der Waals surface area contributed by atoms with Gasteiger partial charge in [-0.15, -0.1) is 0 Å². The SMILES string of the molecule is O=C(NO)C(c1ccccc1)c1cccc(NCC2CCCO2)c1. The van der Waals surface area contributed by atoms with E-state index < -0.39 is 11.8 Å².